The fourth-order valence-electron chi connectivity index (χ4n) is 1.08. The van der Waals surface area contributed by atoms with E-state index in [1.54, 1.807) is 6.92 Å². The zero-order chi connectivity index (χ0) is 13.7. The lowest BCUT2D eigenvalue weighted by molar-refractivity contribution is 0.775. The van der Waals surface area contributed by atoms with Crippen molar-refractivity contribution in [2.75, 3.05) is 0 Å². The summed E-state index contributed by atoms with van der Waals surface area (Å²) in [6.45, 7) is 1.65. The molecule has 0 aliphatic carbocycles. The molecule has 18 heavy (non-hydrogen) atoms. The van der Waals surface area contributed by atoms with Crippen LogP contribution in [0, 0.1) is 6.92 Å². The van der Waals surface area contributed by atoms with Crippen molar-refractivity contribution in [2.45, 2.75) is 6.92 Å². The molecule has 3 N–H and O–H groups in total. The summed E-state index contributed by atoms with van der Waals surface area (Å²) in [6, 6.07) is 2.61. The van der Waals surface area contributed by atoms with Gasteiger partial charge in [-0.2, -0.15) is 0 Å². The summed E-state index contributed by atoms with van der Waals surface area (Å²) in [5.74, 6) is 0. The highest BCUT2D eigenvalue weighted by molar-refractivity contribution is 4.93. The minimum Gasteiger partial charge on any atom is -0.314 e. The Morgan fingerprint density at radius 2 is 1.78 bits per heavy atom. The SMILES string of the molecule is Cc1cc(=O)[nH]c(=O)[nH]1.Cn1c(=O)cc[nH]c1=O. The Morgan fingerprint density at radius 1 is 1.11 bits per heavy atom. The standard InChI is InChI=1S/2C5H6N2O2/c1-7-4(8)2-3-6-5(7)9;1-3-2-4(8)7-5(9)6-3/h2-3H,1H3,(H,6,9);2H,1H3,(H2,6,7,8,9). The summed E-state index contributed by atoms with van der Waals surface area (Å²) < 4.78 is 1.00. The number of H-pyrrole nitrogens is 3. The van der Waals surface area contributed by atoms with Crippen LogP contribution in [-0.2, 0) is 7.05 Å². The Bertz CT molecular complexity index is 693. The molecule has 0 atom stereocenters. The molecule has 0 amide bonds. The maximum atomic E-state index is 10.6. The second-order valence-corrected chi connectivity index (χ2v) is 3.45. The molecule has 0 spiro atoms. The number of nitrogens with zero attached hydrogens (tertiary/aromatic N) is 1. The molecular formula is C10H12N4O4. The number of rotatable bonds is 0. The minimum absolute atomic E-state index is 0.293. The van der Waals surface area contributed by atoms with E-state index in [2.05, 4.69) is 9.97 Å². The second-order valence-electron chi connectivity index (χ2n) is 3.45. The number of nitrogens with one attached hydrogen (secondary N) is 3. The molecule has 0 aliphatic heterocycles. The highest BCUT2D eigenvalue weighted by Gasteiger charge is 1.88. The van der Waals surface area contributed by atoms with Gasteiger partial charge in [0.15, 0.2) is 0 Å². The zero-order valence-electron chi connectivity index (χ0n) is 9.81. The topological polar surface area (TPSA) is 121 Å². The molecule has 0 saturated carbocycles. The van der Waals surface area contributed by atoms with E-state index in [0.717, 1.165) is 4.57 Å². The maximum Gasteiger partial charge on any atom is 0.328 e. The van der Waals surface area contributed by atoms with E-state index in [1.807, 2.05) is 4.98 Å². The minimum atomic E-state index is -0.458. The summed E-state index contributed by atoms with van der Waals surface area (Å²) in [6.07, 6.45) is 1.32. The van der Waals surface area contributed by atoms with E-state index in [9.17, 15) is 19.2 Å². The average Bonchev–Trinajstić information content (AvgIpc) is 2.24. The summed E-state index contributed by atoms with van der Waals surface area (Å²) in [5, 5.41) is 0. The van der Waals surface area contributed by atoms with Crippen molar-refractivity contribution >= 4 is 0 Å². The van der Waals surface area contributed by atoms with Gasteiger partial charge < -0.3 is 9.97 Å². The number of aryl methyl sites for hydroxylation is 1. The predicted octanol–water partition coefficient (Wildman–Crippen LogP) is -1.55. The molecule has 96 valence electrons. The van der Waals surface area contributed by atoms with Crippen LogP contribution in [0.2, 0.25) is 0 Å². The van der Waals surface area contributed by atoms with Gasteiger partial charge in [0.1, 0.15) is 0 Å². The third-order valence-corrected chi connectivity index (χ3v) is 1.96. The lowest BCUT2D eigenvalue weighted by Gasteiger charge is -1.88. The second kappa shape index (κ2) is 5.62. The van der Waals surface area contributed by atoms with Crippen molar-refractivity contribution in [1.82, 2.24) is 19.5 Å². The first kappa shape index (κ1) is 13.4. The Balaban J connectivity index is 0.000000180. The average molecular weight is 252 g/mol. The summed E-state index contributed by atoms with van der Waals surface area (Å²) >= 11 is 0. The van der Waals surface area contributed by atoms with E-state index in [0.29, 0.717) is 5.69 Å². The lowest BCUT2D eigenvalue weighted by Crippen LogP contribution is -2.30. The monoisotopic (exact) mass is 252 g/mol. The fraction of sp³-hybridized carbons (Fsp3) is 0.200. The van der Waals surface area contributed by atoms with Gasteiger partial charge in [-0.25, -0.2) is 9.59 Å². The van der Waals surface area contributed by atoms with Crippen molar-refractivity contribution in [2.24, 2.45) is 7.05 Å². The molecule has 0 fully saturated rings. The van der Waals surface area contributed by atoms with Crippen LogP contribution in [0.4, 0.5) is 0 Å². The van der Waals surface area contributed by atoms with E-state index in [-0.39, 0.29) is 16.8 Å². The zero-order valence-corrected chi connectivity index (χ0v) is 9.81. The quantitative estimate of drug-likeness (QED) is 0.525. The van der Waals surface area contributed by atoms with Crippen molar-refractivity contribution in [3.8, 4) is 0 Å². The van der Waals surface area contributed by atoms with Crippen molar-refractivity contribution < 1.29 is 0 Å². The predicted molar refractivity (Wildman–Crippen MR) is 64.7 cm³/mol. The largest absolute Gasteiger partial charge is 0.328 e. The molecular weight excluding hydrogens is 240 g/mol. The molecule has 0 saturated heterocycles. The highest BCUT2D eigenvalue weighted by Crippen LogP contribution is 1.73. The van der Waals surface area contributed by atoms with Crippen LogP contribution < -0.4 is 22.5 Å². The third kappa shape index (κ3) is 3.74. The van der Waals surface area contributed by atoms with Crippen molar-refractivity contribution in [3.63, 3.8) is 0 Å². The fourth-order valence-corrected chi connectivity index (χ4v) is 1.08. The first-order chi connectivity index (χ1) is 8.40. The molecule has 2 aromatic heterocycles. The van der Waals surface area contributed by atoms with E-state index < -0.39 is 5.69 Å². The molecule has 2 rings (SSSR count). The van der Waals surface area contributed by atoms with E-state index in [1.165, 1.54) is 25.4 Å². The van der Waals surface area contributed by atoms with Crippen LogP contribution in [0.1, 0.15) is 5.69 Å². The van der Waals surface area contributed by atoms with Crippen LogP contribution in [0.25, 0.3) is 0 Å². The van der Waals surface area contributed by atoms with Gasteiger partial charge in [-0.1, -0.05) is 0 Å². The van der Waals surface area contributed by atoms with E-state index >= 15 is 0 Å². The van der Waals surface area contributed by atoms with Gasteiger partial charge in [0, 0.05) is 31.1 Å². The van der Waals surface area contributed by atoms with Gasteiger partial charge in [0.05, 0.1) is 0 Å². The lowest BCUT2D eigenvalue weighted by atomic mass is 10.5. The molecule has 8 heteroatoms. The molecule has 0 radical (unpaired) electrons. The molecule has 2 aromatic rings. The van der Waals surface area contributed by atoms with Gasteiger partial charge in [-0.15, -0.1) is 0 Å². The molecule has 0 unspecified atom stereocenters. The maximum absolute atomic E-state index is 10.6. The molecule has 0 aromatic carbocycles. The van der Waals surface area contributed by atoms with Gasteiger partial charge in [0.25, 0.3) is 11.1 Å². The van der Waals surface area contributed by atoms with Gasteiger partial charge in [-0.05, 0) is 6.92 Å². The van der Waals surface area contributed by atoms with Crippen LogP contribution in [-0.4, -0.2) is 19.5 Å². The first-order valence-electron chi connectivity index (χ1n) is 4.95. The first-order valence-corrected chi connectivity index (χ1v) is 4.95. The smallest absolute Gasteiger partial charge is 0.314 e. The van der Waals surface area contributed by atoms with Crippen LogP contribution >= 0.6 is 0 Å². The molecule has 8 nitrogen and oxygen atoms in total. The van der Waals surface area contributed by atoms with E-state index in [4.69, 9.17) is 0 Å². The molecule has 0 bridgehead atoms. The number of hydrogen-bond acceptors (Lipinski definition) is 4. The molecule has 0 aliphatic rings. The van der Waals surface area contributed by atoms with Gasteiger partial charge in [-0.3, -0.25) is 19.1 Å². The van der Waals surface area contributed by atoms with Crippen molar-refractivity contribution in [1.29, 1.82) is 0 Å². The van der Waals surface area contributed by atoms with Crippen LogP contribution in [0.15, 0.2) is 37.5 Å². The third-order valence-electron chi connectivity index (χ3n) is 1.96. The number of aromatic nitrogens is 4. The van der Waals surface area contributed by atoms with Crippen LogP contribution in [0.3, 0.4) is 0 Å². The van der Waals surface area contributed by atoms with Gasteiger partial charge in [0.2, 0.25) is 0 Å². The summed E-state index contributed by atoms with van der Waals surface area (Å²) in [7, 11) is 1.42. The normalized spacial score (nSPS) is 9.44. The Hall–Kier alpha value is -2.64. The summed E-state index contributed by atoms with van der Waals surface area (Å²) in [5.41, 5.74) is -0.929. The highest BCUT2D eigenvalue weighted by atomic mass is 16.2. The number of hydrogen-bond donors (Lipinski definition) is 3. The Labute approximate surface area is 100.0 Å². The van der Waals surface area contributed by atoms with Crippen molar-refractivity contribution in [3.05, 3.63) is 65.7 Å². The Kier molecular flexibility index (Phi) is 4.19. The van der Waals surface area contributed by atoms with Crippen LogP contribution in [0.5, 0.6) is 0 Å². The summed E-state index contributed by atoms with van der Waals surface area (Å²) in [4.78, 5) is 48.8. The number of aromatic amines is 3. The van der Waals surface area contributed by atoms with Gasteiger partial charge >= 0.3 is 11.4 Å². The Morgan fingerprint density at radius 3 is 2.22 bits per heavy atom. The molecule has 2 heterocycles.